The molecule has 0 aromatic carbocycles. The van der Waals surface area contributed by atoms with Gasteiger partial charge in [-0.1, -0.05) is 32.6 Å². The van der Waals surface area contributed by atoms with E-state index in [1.54, 1.807) is 0 Å². The van der Waals surface area contributed by atoms with Crippen molar-refractivity contribution in [1.82, 2.24) is 0 Å². The van der Waals surface area contributed by atoms with E-state index in [1.807, 2.05) is 0 Å². The fourth-order valence-corrected chi connectivity index (χ4v) is 0.737. The zero-order chi connectivity index (χ0) is 7.28. The molecule has 0 fully saturated rings. The molecule has 2 heteroatoms. The summed E-state index contributed by atoms with van der Waals surface area (Å²) in [6.07, 6.45) is 2.17. The van der Waals surface area contributed by atoms with Crippen molar-refractivity contribution in [1.29, 1.82) is 0 Å². The number of rotatable bonds is 4. The van der Waals surface area contributed by atoms with E-state index in [-0.39, 0.29) is 0 Å². The summed E-state index contributed by atoms with van der Waals surface area (Å²) in [6.45, 7) is 8.07. The highest BCUT2D eigenvalue weighted by Crippen LogP contribution is 2.04. The van der Waals surface area contributed by atoms with Crippen LogP contribution in [0.5, 0.6) is 0 Å². The molecule has 0 rings (SSSR count). The zero-order valence-corrected chi connectivity index (χ0v) is 6.48. The van der Waals surface area contributed by atoms with Crippen LogP contribution in [0.25, 0.3) is 0 Å². The van der Waals surface area contributed by atoms with Crippen molar-refractivity contribution >= 4 is 7.28 Å². The van der Waals surface area contributed by atoms with Gasteiger partial charge in [0.25, 0.3) is 0 Å². The van der Waals surface area contributed by atoms with Gasteiger partial charge >= 0.3 is 0 Å². The molecule has 1 nitrogen and oxygen atoms in total. The lowest BCUT2D eigenvalue weighted by Gasteiger charge is -2.00. The summed E-state index contributed by atoms with van der Waals surface area (Å²) < 4.78 is 0. The summed E-state index contributed by atoms with van der Waals surface area (Å²) in [5.74, 6) is 0.796. The van der Waals surface area contributed by atoms with Crippen LogP contribution >= 0.6 is 0 Å². The van der Waals surface area contributed by atoms with Crippen molar-refractivity contribution in [3.05, 3.63) is 12.3 Å². The first kappa shape index (κ1) is 8.60. The lowest BCUT2D eigenvalue weighted by atomic mass is 9.63. The minimum Gasteiger partial charge on any atom is -0.403 e. The Morgan fingerprint density at radius 3 is 2.56 bits per heavy atom. The van der Waals surface area contributed by atoms with Gasteiger partial charge in [-0.05, 0) is 6.42 Å². The summed E-state index contributed by atoms with van der Waals surface area (Å²) in [6, 6.07) is 0. The van der Waals surface area contributed by atoms with E-state index < -0.39 is 0 Å². The quantitative estimate of drug-likeness (QED) is 0.566. The lowest BCUT2D eigenvalue weighted by Crippen LogP contribution is -1.99. The van der Waals surface area contributed by atoms with Gasteiger partial charge in [0.05, 0.1) is 0 Å². The average molecular weight is 125 g/mol. The van der Waals surface area contributed by atoms with E-state index in [2.05, 4.69) is 20.4 Å². The van der Waals surface area contributed by atoms with Gasteiger partial charge < -0.3 is 5.73 Å². The van der Waals surface area contributed by atoms with Gasteiger partial charge in [0.2, 0.25) is 0 Å². The van der Waals surface area contributed by atoms with Crippen LogP contribution in [0.3, 0.4) is 0 Å². The van der Waals surface area contributed by atoms with Crippen molar-refractivity contribution in [2.24, 2.45) is 5.73 Å². The monoisotopic (exact) mass is 125 g/mol. The first-order valence-electron chi connectivity index (χ1n) is 3.56. The van der Waals surface area contributed by atoms with Gasteiger partial charge in [-0.3, -0.25) is 0 Å². The molecule has 0 heterocycles. The molecule has 0 aliphatic heterocycles. The Labute approximate surface area is 58.6 Å². The van der Waals surface area contributed by atoms with E-state index in [0.29, 0.717) is 0 Å². The molecule has 9 heavy (non-hydrogen) atoms. The summed E-state index contributed by atoms with van der Waals surface area (Å²) >= 11 is 0. The molecule has 0 saturated heterocycles. The third-order valence-electron chi connectivity index (χ3n) is 1.28. The van der Waals surface area contributed by atoms with Crippen LogP contribution in [0.2, 0.25) is 12.1 Å². The Kier molecular flexibility index (Phi) is 4.28. The number of allylic oxidation sites excluding steroid dienone is 1. The van der Waals surface area contributed by atoms with Crippen LogP contribution in [0.4, 0.5) is 0 Å². The maximum absolute atomic E-state index is 5.38. The third-order valence-corrected chi connectivity index (χ3v) is 1.28. The first-order valence-corrected chi connectivity index (χ1v) is 3.56. The van der Waals surface area contributed by atoms with E-state index in [0.717, 1.165) is 17.9 Å². The molecule has 0 bridgehead atoms. The average Bonchev–Trinajstić information content (AvgIpc) is 1.63. The summed E-state index contributed by atoms with van der Waals surface area (Å²) in [5, 5.41) is 0. The minimum absolute atomic E-state index is 0.796. The highest BCUT2D eigenvalue weighted by atomic mass is 14.5. The Morgan fingerprint density at radius 1 is 1.67 bits per heavy atom. The van der Waals surface area contributed by atoms with Crippen LogP contribution in [0.1, 0.15) is 20.3 Å². The van der Waals surface area contributed by atoms with E-state index in [9.17, 15) is 0 Å². The standard InChI is InChI=1S/C7H16BN/c1-6(2)8-5-4-7(3)9/h6,8H,3-5,9H2,1-2H3. The predicted octanol–water partition coefficient (Wildman–Crippen LogP) is 1.53. The van der Waals surface area contributed by atoms with E-state index >= 15 is 0 Å². The molecule has 0 radical (unpaired) electrons. The molecule has 0 aromatic rings. The molecule has 0 atom stereocenters. The number of hydrogen-bond acceptors (Lipinski definition) is 1. The van der Waals surface area contributed by atoms with Crippen molar-refractivity contribution in [3.63, 3.8) is 0 Å². The molecule has 2 N–H and O–H groups in total. The summed E-state index contributed by atoms with van der Waals surface area (Å²) in [4.78, 5) is 0. The molecule has 0 aliphatic rings. The fraction of sp³-hybridized carbons (Fsp3) is 0.714. The Hall–Kier alpha value is -0.395. The second-order valence-electron chi connectivity index (χ2n) is 2.94. The smallest absolute Gasteiger partial charge is 0.123 e. The molecule has 0 unspecified atom stereocenters. The Balaban J connectivity index is 3.01. The second-order valence-corrected chi connectivity index (χ2v) is 2.94. The van der Waals surface area contributed by atoms with Crippen molar-refractivity contribution < 1.29 is 0 Å². The second kappa shape index (κ2) is 4.48. The Morgan fingerprint density at radius 2 is 2.22 bits per heavy atom. The summed E-state index contributed by atoms with van der Waals surface area (Å²) in [5.41, 5.74) is 6.20. The lowest BCUT2D eigenvalue weighted by molar-refractivity contribution is 1.00. The number of hydrogen-bond donors (Lipinski definition) is 1. The fourth-order valence-electron chi connectivity index (χ4n) is 0.737. The van der Waals surface area contributed by atoms with Gasteiger partial charge in [-0.25, -0.2) is 0 Å². The zero-order valence-electron chi connectivity index (χ0n) is 6.48. The van der Waals surface area contributed by atoms with Crippen LogP contribution in [0, 0.1) is 0 Å². The number of nitrogens with two attached hydrogens (primary N) is 1. The van der Waals surface area contributed by atoms with E-state index in [4.69, 9.17) is 5.73 Å². The molecular formula is C7H16BN. The van der Waals surface area contributed by atoms with Crippen LogP contribution in [-0.4, -0.2) is 7.28 Å². The highest BCUT2D eigenvalue weighted by molar-refractivity contribution is 6.37. The maximum atomic E-state index is 5.38. The Bertz CT molecular complexity index is 88.9. The summed E-state index contributed by atoms with van der Waals surface area (Å²) in [7, 11) is 1.26. The first-order chi connectivity index (χ1) is 4.13. The van der Waals surface area contributed by atoms with Crippen LogP contribution in [-0.2, 0) is 0 Å². The normalized spacial score (nSPS) is 9.67. The third kappa shape index (κ3) is 7.60. The molecule has 0 aliphatic carbocycles. The molecule has 0 saturated carbocycles. The molecule has 0 aromatic heterocycles. The van der Waals surface area contributed by atoms with Crippen molar-refractivity contribution in [2.45, 2.75) is 32.4 Å². The van der Waals surface area contributed by atoms with Gasteiger partial charge in [-0.15, -0.1) is 0 Å². The molecule has 0 amide bonds. The van der Waals surface area contributed by atoms with Crippen LogP contribution < -0.4 is 5.73 Å². The molecule has 0 spiro atoms. The predicted molar refractivity (Wildman–Crippen MR) is 45.0 cm³/mol. The van der Waals surface area contributed by atoms with Crippen LogP contribution in [0.15, 0.2) is 12.3 Å². The molecular weight excluding hydrogens is 109 g/mol. The topological polar surface area (TPSA) is 26.0 Å². The minimum atomic E-state index is 0.796. The molecule has 52 valence electrons. The highest BCUT2D eigenvalue weighted by Gasteiger charge is 1.95. The van der Waals surface area contributed by atoms with Gasteiger partial charge in [0.1, 0.15) is 7.28 Å². The van der Waals surface area contributed by atoms with Crippen molar-refractivity contribution in [3.8, 4) is 0 Å². The van der Waals surface area contributed by atoms with E-state index in [1.165, 1.54) is 13.6 Å². The SMILES string of the molecule is C=C(N)CCBC(C)C. The maximum Gasteiger partial charge on any atom is 0.123 e. The van der Waals surface area contributed by atoms with Gasteiger partial charge in [-0.2, -0.15) is 0 Å². The van der Waals surface area contributed by atoms with Gasteiger partial charge in [0, 0.05) is 5.70 Å². The largest absolute Gasteiger partial charge is 0.403 e. The van der Waals surface area contributed by atoms with Crippen molar-refractivity contribution in [2.75, 3.05) is 0 Å². The van der Waals surface area contributed by atoms with Gasteiger partial charge in [0.15, 0.2) is 0 Å².